The van der Waals surface area contributed by atoms with Crippen LogP contribution in [0.3, 0.4) is 0 Å². The van der Waals surface area contributed by atoms with Gasteiger partial charge in [-0.3, -0.25) is 4.57 Å². The van der Waals surface area contributed by atoms with Gasteiger partial charge in [0.15, 0.2) is 0 Å². The molecule has 0 bridgehead atoms. The standard InChI is InChI=1S/C18H39O4P.Li/c1-2-3-4-5-6-7-8-9-10-11-12-13-14-15-16-17-18-22-23(19,20)21;/h2-18H2,1H3,(H2,19,20,21);/q;+1/p-1. The summed E-state index contributed by atoms with van der Waals surface area (Å²) < 4.78 is 14.7. The SMILES string of the molecule is CCCCCCCCCCCCCCCCCCOP(=O)([O-])O.[Li+]. The van der Waals surface area contributed by atoms with E-state index in [1.54, 1.807) is 0 Å². The van der Waals surface area contributed by atoms with E-state index in [1.807, 2.05) is 0 Å². The fourth-order valence-electron chi connectivity index (χ4n) is 2.83. The molecule has 0 aliphatic heterocycles. The van der Waals surface area contributed by atoms with Crippen molar-refractivity contribution in [2.45, 2.75) is 110 Å². The predicted molar refractivity (Wildman–Crippen MR) is 95.3 cm³/mol. The van der Waals surface area contributed by atoms with Crippen LogP contribution in [0, 0.1) is 0 Å². The Morgan fingerprint density at radius 2 is 1.00 bits per heavy atom. The van der Waals surface area contributed by atoms with Crippen LogP contribution in [0.15, 0.2) is 0 Å². The van der Waals surface area contributed by atoms with Crippen LogP contribution in [-0.4, -0.2) is 11.5 Å². The molecule has 1 unspecified atom stereocenters. The summed E-state index contributed by atoms with van der Waals surface area (Å²) in [6.45, 7) is 2.37. The second kappa shape index (κ2) is 20.0. The van der Waals surface area contributed by atoms with Gasteiger partial charge in [-0.05, 0) is 6.42 Å². The number of hydrogen-bond donors (Lipinski definition) is 1. The Morgan fingerprint density at radius 3 is 1.29 bits per heavy atom. The molecule has 0 fully saturated rings. The summed E-state index contributed by atoms with van der Waals surface area (Å²) in [6.07, 6.45) is 20.5. The molecule has 0 aromatic rings. The average molecular weight is 356 g/mol. The van der Waals surface area contributed by atoms with Crippen LogP contribution < -0.4 is 23.8 Å². The van der Waals surface area contributed by atoms with Gasteiger partial charge in [-0.15, -0.1) is 0 Å². The predicted octanol–water partition coefficient (Wildman–Crippen LogP) is 2.73. The molecule has 140 valence electrons. The van der Waals surface area contributed by atoms with E-state index in [1.165, 1.54) is 83.5 Å². The van der Waals surface area contributed by atoms with Crippen molar-refractivity contribution in [1.29, 1.82) is 0 Å². The monoisotopic (exact) mass is 356 g/mol. The van der Waals surface area contributed by atoms with Crippen molar-refractivity contribution in [1.82, 2.24) is 0 Å². The molecule has 4 nitrogen and oxygen atoms in total. The molecule has 24 heavy (non-hydrogen) atoms. The van der Waals surface area contributed by atoms with E-state index < -0.39 is 7.82 Å². The molecule has 0 heterocycles. The third kappa shape index (κ3) is 25.0. The third-order valence-corrected chi connectivity index (χ3v) is 4.76. The first kappa shape index (κ1) is 26.9. The van der Waals surface area contributed by atoms with Crippen molar-refractivity contribution >= 4 is 7.82 Å². The first-order chi connectivity index (χ1) is 11.1. The molecular formula is C18H38LiO4P. The molecule has 0 aromatic carbocycles. The first-order valence-electron chi connectivity index (χ1n) is 9.74. The number of hydrogen-bond acceptors (Lipinski definition) is 3. The van der Waals surface area contributed by atoms with Gasteiger partial charge in [0.25, 0.3) is 7.82 Å². The molecule has 0 aliphatic rings. The first-order valence-corrected chi connectivity index (χ1v) is 11.2. The van der Waals surface area contributed by atoms with Crippen LogP contribution in [0.5, 0.6) is 0 Å². The van der Waals surface area contributed by atoms with Crippen LogP contribution in [0.2, 0.25) is 0 Å². The molecule has 0 aliphatic carbocycles. The maximum Gasteiger partial charge on any atom is 1.00 e. The Bertz CT molecular complexity index is 284. The van der Waals surface area contributed by atoms with Gasteiger partial charge >= 0.3 is 18.9 Å². The van der Waals surface area contributed by atoms with Crippen LogP contribution in [0.4, 0.5) is 0 Å². The number of unbranched alkanes of at least 4 members (excludes halogenated alkanes) is 15. The Hall–Kier alpha value is 0.707. The van der Waals surface area contributed by atoms with Crippen LogP contribution in [0.25, 0.3) is 0 Å². The molecule has 0 aromatic heterocycles. The van der Waals surface area contributed by atoms with E-state index in [2.05, 4.69) is 11.4 Å². The number of phosphoric acid groups is 1. The quantitative estimate of drug-likeness (QED) is 0.233. The van der Waals surface area contributed by atoms with Gasteiger partial charge in [-0.25, -0.2) is 0 Å². The minimum absolute atomic E-state index is 0. The van der Waals surface area contributed by atoms with Crippen LogP contribution in [-0.2, 0) is 9.09 Å². The molecule has 0 amide bonds. The summed E-state index contributed by atoms with van der Waals surface area (Å²) >= 11 is 0. The smallest absolute Gasteiger partial charge is 0.756 e. The molecule has 0 saturated carbocycles. The molecule has 0 saturated heterocycles. The van der Waals surface area contributed by atoms with Crippen LogP contribution >= 0.6 is 7.82 Å². The van der Waals surface area contributed by atoms with E-state index >= 15 is 0 Å². The van der Waals surface area contributed by atoms with Gasteiger partial charge in [-0.2, -0.15) is 0 Å². The maximum absolute atomic E-state index is 10.4. The molecule has 1 atom stereocenters. The topological polar surface area (TPSA) is 69.6 Å². The van der Waals surface area contributed by atoms with Crippen LogP contribution in [0.1, 0.15) is 110 Å². The van der Waals surface area contributed by atoms with E-state index in [0.717, 1.165) is 12.8 Å². The second-order valence-corrected chi connectivity index (χ2v) is 7.80. The summed E-state index contributed by atoms with van der Waals surface area (Å²) in [6, 6.07) is 0. The molecule has 0 rings (SSSR count). The third-order valence-electron chi connectivity index (χ3n) is 4.25. The molecule has 1 N–H and O–H groups in total. The normalized spacial score (nSPS) is 13.5. The Balaban J connectivity index is 0. The van der Waals surface area contributed by atoms with Crippen molar-refractivity contribution in [3.05, 3.63) is 0 Å². The Morgan fingerprint density at radius 1 is 0.708 bits per heavy atom. The van der Waals surface area contributed by atoms with Crippen molar-refractivity contribution < 1.29 is 37.7 Å². The van der Waals surface area contributed by atoms with Gasteiger partial charge in [-0.1, -0.05) is 103 Å². The Labute approximate surface area is 161 Å². The molecular weight excluding hydrogens is 318 g/mol. The van der Waals surface area contributed by atoms with E-state index in [4.69, 9.17) is 4.89 Å². The van der Waals surface area contributed by atoms with E-state index in [0.29, 0.717) is 6.42 Å². The van der Waals surface area contributed by atoms with E-state index in [9.17, 15) is 9.46 Å². The van der Waals surface area contributed by atoms with Gasteiger partial charge in [0.05, 0.1) is 6.61 Å². The molecule has 6 heteroatoms. The summed E-state index contributed by atoms with van der Waals surface area (Å²) in [4.78, 5) is 18.8. The number of rotatable bonds is 18. The van der Waals surface area contributed by atoms with Gasteiger partial charge in [0.2, 0.25) is 0 Å². The summed E-state index contributed by atoms with van der Waals surface area (Å²) in [5.41, 5.74) is 0. The Kier molecular flexibility index (Phi) is 22.5. The zero-order chi connectivity index (χ0) is 17.2. The maximum atomic E-state index is 10.4. The van der Waals surface area contributed by atoms with E-state index in [-0.39, 0.29) is 25.5 Å². The average Bonchev–Trinajstić information content (AvgIpc) is 2.49. The fraction of sp³-hybridized carbons (Fsp3) is 1.00. The van der Waals surface area contributed by atoms with Crippen molar-refractivity contribution in [2.24, 2.45) is 0 Å². The minimum atomic E-state index is -4.51. The summed E-state index contributed by atoms with van der Waals surface area (Å²) in [5, 5.41) is 0. The zero-order valence-corrected chi connectivity index (χ0v) is 17.0. The van der Waals surface area contributed by atoms with Gasteiger partial charge < -0.3 is 14.3 Å². The largest absolute Gasteiger partial charge is 1.00 e. The molecule has 0 radical (unpaired) electrons. The minimum Gasteiger partial charge on any atom is -0.756 e. The molecule has 0 spiro atoms. The van der Waals surface area contributed by atoms with Gasteiger partial charge in [0.1, 0.15) is 0 Å². The second-order valence-electron chi connectivity index (χ2n) is 6.61. The zero-order valence-electron chi connectivity index (χ0n) is 16.1. The number of phosphoric ester groups is 1. The van der Waals surface area contributed by atoms with Crippen molar-refractivity contribution in [3.63, 3.8) is 0 Å². The summed E-state index contributed by atoms with van der Waals surface area (Å²) in [5.74, 6) is 0. The van der Waals surface area contributed by atoms with Gasteiger partial charge in [0, 0.05) is 0 Å². The summed E-state index contributed by atoms with van der Waals surface area (Å²) in [7, 11) is -4.51. The van der Waals surface area contributed by atoms with Crippen molar-refractivity contribution in [2.75, 3.05) is 6.61 Å². The van der Waals surface area contributed by atoms with Crippen molar-refractivity contribution in [3.8, 4) is 0 Å². The fourth-order valence-corrected chi connectivity index (χ4v) is 3.19.